The molecular weight excluding hydrogens is 205 g/mol. The van der Waals surface area contributed by atoms with E-state index in [0.717, 1.165) is 18.5 Å². The Morgan fingerprint density at radius 1 is 1.50 bits per heavy atom. The summed E-state index contributed by atoms with van der Waals surface area (Å²) in [6, 6.07) is 3.09. The maximum atomic E-state index is 12.7. The molecule has 0 aromatic carbocycles. The van der Waals surface area contributed by atoms with E-state index in [9.17, 15) is 4.39 Å². The summed E-state index contributed by atoms with van der Waals surface area (Å²) in [6.07, 6.45) is 4.47. The third kappa shape index (κ3) is 3.87. The van der Waals surface area contributed by atoms with Gasteiger partial charge in [-0.2, -0.15) is 0 Å². The molecule has 1 aromatic heterocycles. The smallest absolute Gasteiger partial charge is 0.141 e. The molecule has 0 saturated heterocycles. The number of nitrogens with one attached hydrogen (secondary N) is 1. The first-order valence-electron chi connectivity index (χ1n) is 5.75. The summed E-state index contributed by atoms with van der Waals surface area (Å²) in [6.45, 7) is 4.36. The number of aromatic nitrogens is 1. The average Bonchev–Trinajstić information content (AvgIpc) is 2.27. The molecule has 0 saturated carbocycles. The Morgan fingerprint density at radius 2 is 2.25 bits per heavy atom. The Morgan fingerprint density at radius 3 is 2.75 bits per heavy atom. The van der Waals surface area contributed by atoms with Crippen molar-refractivity contribution >= 4 is 0 Å². The molecule has 0 aliphatic heterocycles. The summed E-state index contributed by atoms with van der Waals surface area (Å²) in [4.78, 5) is 4.05. The molecule has 1 aromatic rings. The topological polar surface area (TPSA) is 50.9 Å². The molecule has 1 heterocycles. The molecule has 2 unspecified atom stereocenters. The zero-order chi connectivity index (χ0) is 12.0. The standard InChI is InChI=1S/C12H20FN3/c1-3-4-9(2)7-12(16-14)11-6-5-10(13)8-15-11/h5-6,8-9,12,16H,3-4,7,14H2,1-2H3. The van der Waals surface area contributed by atoms with Gasteiger partial charge in [0.1, 0.15) is 5.82 Å². The zero-order valence-electron chi connectivity index (χ0n) is 9.91. The van der Waals surface area contributed by atoms with Gasteiger partial charge in [0.05, 0.1) is 17.9 Å². The summed E-state index contributed by atoms with van der Waals surface area (Å²) in [5.41, 5.74) is 3.54. The third-order valence-corrected chi connectivity index (χ3v) is 2.73. The number of rotatable bonds is 6. The normalized spacial score (nSPS) is 14.8. The van der Waals surface area contributed by atoms with E-state index in [2.05, 4.69) is 24.3 Å². The van der Waals surface area contributed by atoms with Crippen molar-refractivity contribution in [1.29, 1.82) is 0 Å². The van der Waals surface area contributed by atoms with E-state index >= 15 is 0 Å². The van der Waals surface area contributed by atoms with Crippen molar-refractivity contribution in [2.75, 3.05) is 0 Å². The van der Waals surface area contributed by atoms with E-state index in [0.29, 0.717) is 5.92 Å². The fraction of sp³-hybridized carbons (Fsp3) is 0.583. The second-order valence-electron chi connectivity index (χ2n) is 4.25. The number of hydrazine groups is 1. The fourth-order valence-corrected chi connectivity index (χ4v) is 1.88. The van der Waals surface area contributed by atoms with Gasteiger partial charge in [0.15, 0.2) is 0 Å². The van der Waals surface area contributed by atoms with Crippen molar-refractivity contribution in [3.8, 4) is 0 Å². The Hall–Kier alpha value is -1.00. The zero-order valence-corrected chi connectivity index (χ0v) is 9.91. The second-order valence-corrected chi connectivity index (χ2v) is 4.25. The molecule has 0 aliphatic rings. The van der Waals surface area contributed by atoms with Gasteiger partial charge in [-0.3, -0.25) is 16.3 Å². The van der Waals surface area contributed by atoms with Crippen LogP contribution >= 0.6 is 0 Å². The van der Waals surface area contributed by atoms with Crippen LogP contribution in [0.1, 0.15) is 44.8 Å². The minimum absolute atomic E-state index is 0.00199. The van der Waals surface area contributed by atoms with Gasteiger partial charge in [-0.1, -0.05) is 26.7 Å². The lowest BCUT2D eigenvalue weighted by molar-refractivity contribution is 0.388. The molecule has 2 atom stereocenters. The molecular formula is C12H20FN3. The van der Waals surface area contributed by atoms with Crippen LogP contribution in [0.4, 0.5) is 4.39 Å². The number of nitrogens with zero attached hydrogens (tertiary/aromatic N) is 1. The van der Waals surface area contributed by atoms with E-state index in [1.54, 1.807) is 6.07 Å². The van der Waals surface area contributed by atoms with Crippen LogP contribution in [-0.2, 0) is 0 Å². The molecule has 1 rings (SSSR count). The van der Waals surface area contributed by atoms with Gasteiger partial charge in [0.2, 0.25) is 0 Å². The largest absolute Gasteiger partial charge is 0.271 e. The highest BCUT2D eigenvalue weighted by atomic mass is 19.1. The van der Waals surface area contributed by atoms with Gasteiger partial charge < -0.3 is 0 Å². The van der Waals surface area contributed by atoms with E-state index in [1.807, 2.05) is 0 Å². The molecule has 0 fully saturated rings. The molecule has 0 spiro atoms. The molecule has 0 radical (unpaired) electrons. The Balaban J connectivity index is 2.63. The van der Waals surface area contributed by atoms with Crippen molar-refractivity contribution in [3.63, 3.8) is 0 Å². The monoisotopic (exact) mass is 225 g/mol. The van der Waals surface area contributed by atoms with Crippen LogP contribution in [0.5, 0.6) is 0 Å². The number of nitrogens with two attached hydrogens (primary N) is 1. The molecule has 0 bridgehead atoms. The molecule has 4 heteroatoms. The van der Waals surface area contributed by atoms with Crippen LogP contribution < -0.4 is 11.3 Å². The maximum absolute atomic E-state index is 12.7. The minimum atomic E-state index is -0.318. The second kappa shape index (κ2) is 6.55. The van der Waals surface area contributed by atoms with Crippen molar-refractivity contribution < 1.29 is 4.39 Å². The highest BCUT2D eigenvalue weighted by Crippen LogP contribution is 2.21. The first-order valence-corrected chi connectivity index (χ1v) is 5.75. The van der Waals surface area contributed by atoms with E-state index in [4.69, 9.17) is 5.84 Å². The predicted octanol–water partition coefficient (Wildman–Crippen LogP) is 2.55. The lowest BCUT2D eigenvalue weighted by atomic mass is 9.95. The molecule has 3 N–H and O–H groups in total. The van der Waals surface area contributed by atoms with Gasteiger partial charge in [-0.15, -0.1) is 0 Å². The van der Waals surface area contributed by atoms with E-state index in [1.165, 1.54) is 18.7 Å². The van der Waals surface area contributed by atoms with Gasteiger partial charge >= 0.3 is 0 Å². The predicted molar refractivity (Wildman–Crippen MR) is 62.9 cm³/mol. The summed E-state index contributed by atoms with van der Waals surface area (Å²) in [5.74, 6) is 5.77. The third-order valence-electron chi connectivity index (χ3n) is 2.73. The van der Waals surface area contributed by atoms with Crippen molar-refractivity contribution in [2.24, 2.45) is 11.8 Å². The quantitative estimate of drug-likeness (QED) is 0.578. The van der Waals surface area contributed by atoms with Crippen molar-refractivity contribution in [3.05, 3.63) is 29.8 Å². The number of hydrogen-bond acceptors (Lipinski definition) is 3. The summed E-state index contributed by atoms with van der Waals surface area (Å²) in [5, 5.41) is 0. The molecule has 16 heavy (non-hydrogen) atoms. The lowest BCUT2D eigenvalue weighted by Gasteiger charge is -2.19. The average molecular weight is 225 g/mol. The minimum Gasteiger partial charge on any atom is -0.271 e. The number of hydrogen-bond donors (Lipinski definition) is 2. The fourth-order valence-electron chi connectivity index (χ4n) is 1.88. The highest BCUT2D eigenvalue weighted by Gasteiger charge is 2.14. The summed E-state index contributed by atoms with van der Waals surface area (Å²) in [7, 11) is 0. The van der Waals surface area contributed by atoms with Gasteiger partial charge in [-0.05, 0) is 24.5 Å². The Kier molecular flexibility index (Phi) is 5.35. The first-order chi connectivity index (χ1) is 7.67. The SMILES string of the molecule is CCCC(C)CC(NN)c1ccc(F)cn1. The van der Waals surface area contributed by atoms with E-state index < -0.39 is 0 Å². The van der Waals surface area contributed by atoms with Gasteiger partial charge in [0.25, 0.3) is 0 Å². The summed E-state index contributed by atoms with van der Waals surface area (Å²) < 4.78 is 12.7. The first kappa shape index (κ1) is 13.1. The Labute approximate surface area is 96.2 Å². The number of pyridine rings is 1. The summed E-state index contributed by atoms with van der Waals surface area (Å²) >= 11 is 0. The van der Waals surface area contributed by atoms with Crippen LogP contribution in [0.15, 0.2) is 18.3 Å². The molecule has 90 valence electrons. The van der Waals surface area contributed by atoms with E-state index in [-0.39, 0.29) is 11.9 Å². The van der Waals surface area contributed by atoms with Crippen LogP contribution in [0, 0.1) is 11.7 Å². The Bertz CT molecular complexity index is 300. The van der Waals surface area contributed by atoms with Gasteiger partial charge in [0, 0.05) is 0 Å². The maximum Gasteiger partial charge on any atom is 0.141 e. The van der Waals surface area contributed by atoms with Crippen molar-refractivity contribution in [2.45, 2.75) is 39.2 Å². The van der Waals surface area contributed by atoms with Crippen LogP contribution in [0.3, 0.4) is 0 Å². The number of halogens is 1. The molecule has 0 amide bonds. The molecule has 3 nitrogen and oxygen atoms in total. The lowest BCUT2D eigenvalue weighted by Crippen LogP contribution is -2.30. The van der Waals surface area contributed by atoms with Crippen LogP contribution in [-0.4, -0.2) is 4.98 Å². The highest BCUT2D eigenvalue weighted by molar-refractivity contribution is 5.09. The molecule has 0 aliphatic carbocycles. The van der Waals surface area contributed by atoms with Crippen LogP contribution in [0.2, 0.25) is 0 Å². The van der Waals surface area contributed by atoms with Crippen molar-refractivity contribution in [1.82, 2.24) is 10.4 Å². The van der Waals surface area contributed by atoms with Crippen LogP contribution in [0.25, 0.3) is 0 Å². The van der Waals surface area contributed by atoms with Gasteiger partial charge in [-0.25, -0.2) is 4.39 Å².